The summed E-state index contributed by atoms with van der Waals surface area (Å²) in [6.45, 7) is 3.46. The first kappa shape index (κ1) is 16.6. The minimum absolute atomic E-state index is 0.00321. The molecule has 4 aromatic rings. The van der Waals surface area contributed by atoms with Gasteiger partial charge in [-0.25, -0.2) is 4.98 Å². The zero-order valence-corrected chi connectivity index (χ0v) is 15.4. The molecule has 0 saturated carbocycles. The molecule has 1 aromatic carbocycles. The lowest BCUT2D eigenvalue weighted by Crippen LogP contribution is -2.28. The Kier molecular flexibility index (Phi) is 4.58. The van der Waals surface area contributed by atoms with Gasteiger partial charge in [0.1, 0.15) is 0 Å². The molecular weight excluding hydrogens is 344 g/mol. The van der Waals surface area contributed by atoms with Crippen LogP contribution in [0.4, 0.5) is 0 Å². The third-order valence-electron chi connectivity index (χ3n) is 4.38. The Hall–Kier alpha value is -2.86. The minimum atomic E-state index is 0.00321. The average Bonchev–Trinajstić information content (AvgIpc) is 3.35. The highest BCUT2D eigenvalue weighted by molar-refractivity contribution is 7.12. The molecule has 0 aliphatic heterocycles. The van der Waals surface area contributed by atoms with E-state index in [2.05, 4.69) is 40.0 Å². The van der Waals surface area contributed by atoms with E-state index in [9.17, 15) is 4.79 Å². The summed E-state index contributed by atoms with van der Waals surface area (Å²) < 4.78 is 4.19. The van der Waals surface area contributed by atoms with E-state index in [4.69, 9.17) is 0 Å². The van der Waals surface area contributed by atoms with Crippen molar-refractivity contribution in [2.75, 3.05) is 6.54 Å². The van der Waals surface area contributed by atoms with Crippen LogP contribution in [0.15, 0.2) is 60.2 Å². The predicted octanol–water partition coefficient (Wildman–Crippen LogP) is 3.56. The lowest BCUT2D eigenvalue weighted by atomic mass is 10.2. The zero-order valence-electron chi connectivity index (χ0n) is 14.6. The van der Waals surface area contributed by atoms with Crippen molar-refractivity contribution >= 4 is 28.1 Å². The fourth-order valence-corrected chi connectivity index (χ4v) is 3.93. The number of amides is 1. The van der Waals surface area contributed by atoms with Gasteiger partial charge in [0, 0.05) is 42.1 Å². The van der Waals surface area contributed by atoms with Gasteiger partial charge in [0.2, 0.25) is 5.91 Å². The van der Waals surface area contributed by atoms with E-state index in [-0.39, 0.29) is 5.91 Å². The average molecular weight is 364 g/mol. The molecule has 132 valence electrons. The Morgan fingerprint density at radius 2 is 2.00 bits per heavy atom. The van der Waals surface area contributed by atoms with Crippen LogP contribution >= 0.6 is 11.3 Å². The number of carbonyl (C=O) groups excluding carboxylic acids is 1. The molecule has 0 bridgehead atoms. The maximum absolute atomic E-state index is 12.2. The van der Waals surface area contributed by atoms with Gasteiger partial charge in [-0.15, -0.1) is 11.3 Å². The van der Waals surface area contributed by atoms with Gasteiger partial charge in [-0.2, -0.15) is 0 Å². The number of fused-ring (bicyclic) bond motifs is 1. The summed E-state index contributed by atoms with van der Waals surface area (Å²) in [5.41, 5.74) is 3.21. The number of hydrogen-bond donors (Lipinski definition) is 1. The van der Waals surface area contributed by atoms with Gasteiger partial charge < -0.3 is 14.5 Å². The summed E-state index contributed by atoms with van der Waals surface area (Å²) in [5.74, 6) is 0.00321. The maximum Gasteiger partial charge on any atom is 0.226 e. The molecule has 0 spiro atoms. The van der Waals surface area contributed by atoms with Gasteiger partial charge in [-0.05, 0) is 36.6 Å². The first-order chi connectivity index (χ1) is 12.7. The number of rotatable bonds is 6. The smallest absolute Gasteiger partial charge is 0.226 e. The van der Waals surface area contributed by atoms with Crippen molar-refractivity contribution in [3.8, 4) is 5.13 Å². The summed E-state index contributed by atoms with van der Waals surface area (Å²) in [4.78, 5) is 16.7. The highest BCUT2D eigenvalue weighted by Gasteiger charge is 2.09. The van der Waals surface area contributed by atoms with Gasteiger partial charge >= 0.3 is 0 Å². The van der Waals surface area contributed by atoms with Gasteiger partial charge in [0.15, 0.2) is 5.13 Å². The molecule has 3 heterocycles. The Morgan fingerprint density at radius 3 is 2.85 bits per heavy atom. The van der Waals surface area contributed by atoms with Crippen molar-refractivity contribution in [2.45, 2.75) is 19.9 Å². The molecule has 26 heavy (non-hydrogen) atoms. The molecule has 3 aromatic heterocycles. The maximum atomic E-state index is 12.2. The van der Waals surface area contributed by atoms with Crippen molar-refractivity contribution in [3.05, 3.63) is 71.6 Å². The molecule has 1 amide bonds. The van der Waals surface area contributed by atoms with E-state index >= 15 is 0 Å². The molecule has 0 radical (unpaired) electrons. The topological polar surface area (TPSA) is 51.9 Å². The van der Waals surface area contributed by atoms with Crippen molar-refractivity contribution in [1.82, 2.24) is 19.4 Å². The number of nitrogens with one attached hydrogen (secondary N) is 1. The Balaban J connectivity index is 1.33. The fourth-order valence-electron chi connectivity index (χ4n) is 3.14. The highest BCUT2D eigenvalue weighted by atomic mass is 32.1. The molecule has 0 fully saturated rings. The van der Waals surface area contributed by atoms with Crippen LogP contribution in [0.1, 0.15) is 11.4 Å². The van der Waals surface area contributed by atoms with Crippen molar-refractivity contribution < 1.29 is 4.79 Å². The standard InChI is InChI=1S/C20H20N4OS/c1-15-12-16-6-2-3-7-18(16)24(15)11-8-21-19(25)13-17-14-26-20(22-17)23-9-4-5-10-23/h2-7,9-10,12,14H,8,11,13H2,1H3,(H,21,25). The number of benzene rings is 1. The van der Waals surface area contributed by atoms with Gasteiger partial charge in [-0.3, -0.25) is 4.79 Å². The minimum Gasteiger partial charge on any atom is -0.354 e. The van der Waals surface area contributed by atoms with Gasteiger partial charge in [-0.1, -0.05) is 18.2 Å². The molecule has 0 aliphatic rings. The number of aryl methyl sites for hydroxylation is 1. The summed E-state index contributed by atoms with van der Waals surface area (Å²) in [5, 5.41) is 7.06. The zero-order chi connectivity index (χ0) is 17.9. The highest BCUT2D eigenvalue weighted by Crippen LogP contribution is 2.19. The van der Waals surface area contributed by atoms with Crippen molar-refractivity contribution in [1.29, 1.82) is 0 Å². The molecule has 5 nitrogen and oxygen atoms in total. The number of hydrogen-bond acceptors (Lipinski definition) is 3. The van der Waals surface area contributed by atoms with Crippen LogP contribution in [0.5, 0.6) is 0 Å². The molecule has 0 aliphatic carbocycles. The largest absolute Gasteiger partial charge is 0.354 e. The second kappa shape index (κ2) is 7.17. The van der Waals surface area contributed by atoms with E-state index in [0.29, 0.717) is 13.0 Å². The van der Waals surface area contributed by atoms with E-state index in [1.54, 1.807) is 11.3 Å². The summed E-state index contributed by atoms with van der Waals surface area (Å²) in [7, 11) is 0. The normalized spacial score (nSPS) is 11.1. The van der Waals surface area contributed by atoms with Crippen LogP contribution in [0.3, 0.4) is 0 Å². The Labute approximate surface area is 155 Å². The third-order valence-corrected chi connectivity index (χ3v) is 5.28. The number of aromatic nitrogens is 3. The fraction of sp³-hybridized carbons (Fsp3) is 0.200. The van der Waals surface area contributed by atoms with Crippen LogP contribution in [0.2, 0.25) is 0 Å². The Bertz CT molecular complexity index is 1030. The summed E-state index contributed by atoms with van der Waals surface area (Å²) >= 11 is 1.54. The number of para-hydroxylation sites is 1. The molecule has 4 rings (SSSR count). The molecule has 6 heteroatoms. The van der Waals surface area contributed by atoms with Crippen LogP contribution in [0.25, 0.3) is 16.0 Å². The van der Waals surface area contributed by atoms with Crippen molar-refractivity contribution in [2.24, 2.45) is 0 Å². The Morgan fingerprint density at radius 1 is 1.19 bits per heavy atom. The van der Waals surface area contributed by atoms with E-state index in [1.807, 2.05) is 46.6 Å². The van der Waals surface area contributed by atoms with Crippen LogP contribution in [-0.2, 0) is 17.8 Å². The van der Waals surface area contributed by atoms with E-state index in [0.717, 1.165) is 17.4 Å². The summed E-state index contributed by atoms with van der Waals surface area (Å²) in [6.07, 6.45) is 4.21. The lowest BCUT2D eigenvalue weighted by molar-refractivity contribution is -0.120. The SMILES string of the molecule is Cc1cc2ccccc2n1CCNC(=O)Cc1csc(-n2cccc2)n1. The monoisotopic (exact) mass is 364 g/mol. The lowest BCUT2D eigenvalue weighted by Gasteiger charge is -2.09. The molecule has 0 atom stereocenters. The third kappa shape index (κ3) is 3.41. The first-order valence-corrected chi connectivity index (χ1v) is 9.48. The summed E-state index contributed by atoms with van der Waals surface area (Å²) in [6, 6.07) is 14.4. The molecule has 0 saturated heterocycles. The van der Waals surface area contributed by atoms with E-state index < -0.39 is 0 Å². The predicted molar refractivity (Wildman–Crippen MR) is 105 cm³/mol. The second-order valence-electron chi connectivity index (χ2n) is 6.23. The molecule has 1 N–H and O–H groups in total. The number of carbonyl (C=O) groups is 1. The van der Waals surface area contributed by atoms with E-state index in [1.165, 1.54) is 16.6 Å². The molecular formula is C20H20N4OS. The van der Waals surface area contributed by atoms with Crippen LogP contribution in [0, 0.1) is 6.92 Å². The number of nitrogens with zero attached hydrogens (tertiary/aromatic N) is 3. The van der Waals surface area contributed by atoms with Gasteiger partial charge in [0.25, 0.3) is 0 Å². The second-order valence-corrected chi connectivity index (χ2v) is 7.07. The van der Waals surface area contributed by atoms with Crippen LogP contribution < -0.4 is 5.32 Å². The number of thiazole rings is 1. The quantitative estimate of drug-likeness (QED) is 0.569. The van der Waals surface area contributed by atoms with Crippen LogP contribution in [-0.4, -0.2) is 26.6 Å². The first-order valence-electron chi connectivity index (χ1n) is 8.60. The molecule has 0 unspecified atom stereocenters. The van der Waals surface area contributed by atoms with Crippen molar-refractivity contribution in [3.63, 3.8) is 0 Å². The van der Waals surface area contributed by atoms with Gasteiger partial charge in [0.05, 0.1) is 12.1 Å².